The van der Waals surface area contributed by atoms with Crippen LogP contribution in [0.5, 0.6) is 17.4 Å². The molecule has 0 spiro atoms. The first-order valence-corrected chi connectivity index (χ1v) is 10.6. The average Bonchev–Trinajstić information content (AvgIpc) is 3.08. The molecule has 33 heavy (non-hydrogen) atoms. The van der Waals surface area contributed by atoms with Crippen LogP contribution in [-0.4, -0.2) is 28.8 Å². The van der Waals surface area contributed by atoms with E-state index in [1.165, 1.54) is 0 Å². The van der Waals surface area contributed by atoms with Crippen LogP contribution in [0.25, 0.3) is 10.9 Å². The summed E-state index contributed by atoms with van der Waals surface area (Å²) in [5, 5.41) is 19.3. The Labute approximate surface area is 191 Å². The van der Waals surface area contributed by atoms with E-state index in [4.69, 9.17) is 9.47 Å². The number of azo groups is 1. The minimum atomic E-state index is -0.547. The largest absolute Gasteiger partial charge is 0.493 e. The zero-order valence-electron chi connectivity index (χ0n) is 18.6. The third-order valence-electron chi connectivity index (χ3n) is 5.14. The quantitative estimate of drug-likeness (QED) is 0.352. The lowest BCUT2D eigenvalue weighted by molar-refractivity contribution is -0.120. The monoisotopic (exact) mass is 443 g/mol. The van der Waals surface area contributed by atoms with Crippen molar-refractivity contribution in [2.75, 3.05) is 13.2 Å². The van der Waals surface area contributed by atoms with Gasteiger partial charge in [0.05, 0.1) is 12.1 Å². The Hall–Kier alpha value is -4.13. The molecule has 3 aromatic carbocycles. The van der Waals surface area contributed by atoms with Crippen LogP contribution in [0.4, 0.5) is 5.69 Å². The number of carbonyl (C=O) groups excluding carboxylic acids is 1. The molecule has 0 unspecified atom stereocenters. The average molecular weight is 444 g/mol. The van der Waals surface area contributed by atoms with Crippen LogP contribution >= 0.6 is 0 Å². The van der Waals surface area contributed by atoms with Crippen LogP contribution in [0, 0.1) is 13.8 Å². The van der Waals surface area contributed by atoms with Crippen molar-refractivity contribution in [3.05, 3.63) is 83.9 Å². The summed E-state index contributed by atoms with van der Waals surface area (Å²) in [5.41, 5.74) is 3.23. The summed E-state index contributed by atoms with van der Waals surface area (Å²) in [6.45, 7) is 4.50. The first-order chi connectivity index (χ1) is 16.0. The lowest BCUT2D eigenvalue weighted by Crippen LogP contribution is -2.08. The lowest BCUT2D eigenvalue weighted by atomic mass is 10.2. The van der Waals surface area contributed by atoms with E-state index in [0.29, 0.717) is 24.3 Å². The highest BCUT2D eigenvalue weighted by atomic mass is 16.5. The summed E-state index contributed by atoms with van der Waals surface area (Å²) >= 11 is 0. The van der Waals surface area contributed by atoms with Gasteiger partial charge < -0.3 is 19.1 Å². The molecule has 0 saturated heterocycles. The van der Waals surface area contributed by atoms with Gasteiger partial charge in [0.2, 0.25) is 5.88 Å². The third-order valence-corrected chi connectivity index (χ3v) is 5.14. The molecule has 0 aliphatic carbocycles. The lowest BCUT2D eigenvalue weighted by Gasteiger charge is -2.09. The van der Waals surface area contributed by atoms with E-state index in [9.17, 15) is 9.90 Å². The first kappa shape index (κ1) is 22.1. The highest BCUT2D eigenvalue weighted by Gasteiger charge is 2.17. The van der Waals surface area contributed by atoms with Crippen molar-refractivity contribution in [3.63, 3.8) is 0 Å². The number of aromatic hydroxyl groups is 1. The molecule has 1 heterocycles. The number of fused-ring (bicyclic) bond motifs is 1. The number of aromatic nitrogens is 1. The van der Waals surface area contributed by atoms with E-state index in [0.717, 1.165) is 22.4 Å². The number of hydrogen-bond acceptors (Lipinski definition) is 5. The third kappa shape index (κ3) is 5.38. The zero-order chi connectivity index (χ0) is 23.2. The van der Waals surface area contributed by atoms with Crippen LogP contribution in [0.3, 0.4) is 0 Å². The van der Waals surface area contributed by atoms with Gasteiger partial charge in [-0.25, -0.2) is 0 Å². The molecule has 4 rings (SSSR count). The summed E-state index contributed by atoms with van der Waals surface area (Å²) in [6, 6.07) is 22.6. The van der Waals surface area contributed by atoms with Gasteiger partial charge in [0, 0.05) is 5.39 Å². The molecule has 4 aromatic rings. The number of nitrogens with zero attached hydrogens (tertiary/aromatic N) is 3. The summed E-state index contributed by atoms with van der Waals surface area (Å²) < 4.78 is 13.0. The molecule has 0 aliphatic heterocycles. The summed E-state index contributed by atoms with van der Waals surface area (Å²) in [7, 11) is 0. The SMILES string of the molecule is Cc1ccc(OCC(=O)N=Nc2c(O)n(CCOc3cccc(C)c3)c3ccccc23)cc1. The standard InChI is InChI=1S/C26H25N3O4/c1-18-10-12-20(13-11-18)33-17-24(30)27-28-25-22-8-3-4-9-23(22)29(26(25)31)14-15-32-21-7-5-6-19(2)16-21/h3-13,16,31H,14-15,17H2,1-2H3. The smallest absolute Gasteiger partial charge is 0.302 e. The van der Waals surface area contributed by atoms with E-state index in [-0.39, 0.29) is 18.2 Å². The molecular formula is C26H25N3O4. The van der Waals surface area contributed by atoms with Gasteiger partial charge in [-0.2, -0.15) is 0 Å². The van der Waals surface area contributed by atoms with Gasteiger partial charge in [-0.15, -0.1) is 10.2 Å². The molecule has 168 valence electrons. The Morgan fingerprint density at radius 2 is 1.70 bits per heavy atom. The number of hydrogen-bond donors (Lipinski definition) is 1. The molecular weight excluding hydrogens is 418 g/mol. The number of carbonyl (C=O) groups is 1. The molecule has 0 saturated carbocycles. The predicted octanol–water partition coefficient (Wildman–Crippen LogP) is 5.73. The highest BCUT2D eigenvalue weighted by Crippen LogP contribution is 2.38. The Kier molecular flexibility index (Phi) is 6.69. The van der Waals surface area contributed by atoms with Crippen molar-refractivity contribution in [1.82, 2.24) is 4.57 Å². The van der Waals surface area contributed by atoms with Crippen LogP contribution in [0.2, 0.25) is 0 Å². The van der Waals surface area contributed by atoms with E-state index in [1.807, 2.05) is 74.5 Å². The molecule has 0 radical (unpaired) electrons. The van der Waals surface area contributed by atoms with Gasteiger partial charge in [-0.3, -0.25) is 4.79 Å². The molecule has 0 fully saturated rings. The number of amides is 1. The zero-order valence-corrected chi connectivity index (χ0v) is 18.6. The van der Waals surface area contributed by atoms with Crippen molar-refractivity contribution in [2.45, 2.75) is 20.4 Å². The number of ether oxygens (including phenoxy) is 2. The van der Waals surface area contributed by atoms with Crippen LogP contribution in [0.1, 0.15) is 11.1 Å². The molecule has 1 aromatic heterocycles. The van der Waals surface area contributed by atoms with Crippen molar-refractivity contribution in [3.8, 4) is 17.4 Å². The number of rotatable bonds is 8. The molecule has 1 N–H and O–H groups in total. The summed E-state index contributed by atoms with van der Waals surface area (Å²) in [5.74, 6) is 0.733. The number of para-hydroxylation sites is 1. The fourth-order valence-corrected chi connectivity index (χ4v) is 3.47. The van der Waals surface area contributed by atoms with E-state index >= 15 is 0 Å². The molecule has 0 aliphatic rings. The fraction of sp³-hybridized carbons (Fsp3) is 0.192. The van der Waals surface area contributed by atoms with Gasteiger partial charge in [-0.05, 0) is 49.7 Å². The molecule has 0 bridgehead atoms. The van der Waals surface area contributed by atoms with E-state index < -0.39 is 5.91 Å². The van der Waals surface area contributed by atoms with Crippen molar-refractivity contribution >= 4 is 22.5 Å². The first-order valence-electron chi connectivity index (χ1n) is 10.6. The second kappa shape index (κ2) is 9.99. The van der Waals surface area contributed by atoms with Gasteiger partial charge in [0.1, 0.15) is 18.1 Å². The van der Waals surface area contributed by atoms with E-state index in [2.05, 4.69) is 10.2 Å². The van der Waals surface area contributed by atoms with Crippen LogP contribution in [0.15, 0.2) is 83.0 Å². The normalized spacial score (nSPS) is 11.2. The minimum Gasteiger partial charge on any atom is -0.493 e. The Balaban J connectivity index is 1.46. The Bertz CT molecular complexity index is 1290. The maximum atomic E-state index is 12.2. The van der Waals surface area contributed by atoms with Crippen LogP contribution < -0.4 is 9.47 Å². The topological polar surface area (TPSA) is 85.4 Å². The van der Waals surface area contributed by atoms with E-state index in [1.54, 1.807) is 16.7 Å². The Morgan fingerprint density at radius 3 is 2.48 bits per heavy atom. The highest BCUT2D eigenvalue weighted by molar-refractivity contribution is 5.95. The van der Waals surface area contributed by atoms with Crippen molar-refractivity contribution in [1.29, 1.82) is 0 Å². The maximum absolute atomic E-state index is 12.2. The summed E-state index contributed by atoms with van der Waals surface area (Å²) in [4.78, 5) is 12.2. The molecule has 0 atom stereocenters. The number of benzene rings is 3. The predicted molar refractivity (Wildman–Crippen MR) is 126 cm³/mol. The van der Waals surface area contributed by atoms with Gasteiger partial charge in [0.25, 0.3) is 0 Å². The van der Waals surface area contributed by atoms with Gasteiger partial charge >= 0.3 is 5.91 Å². The fourth-order valence-electron chi connectivity index (χ4n) is 3.47. The number of aryl methyl sites for hydroxylation is 2. The molecule has 7 heteroatoms. The molecule has 7 nitrogen and oxygen atoms in total. The van der Waals surface area contributed by atoms with Gasteiger partial charge in [0.15, 0.2) is 12.3 Å². The summed E-state index contributed by atoms with van der Waals surface area (Å²) in [6.07, 6.45) is 0. The Morgan fingerprint density at radius 1 is 0.909 bits per heavy atom. The molecule has 1 amide bonds. The minimum absolute atomic E-state index is 0.0694. The second-order valence-corrected chi connectivity index (χ2v) is 7.70. The van der Waals surface area contributed by atoms with Crippen molar-refractivity contribution in [2.24, 2.45) is 10.2 Å². The second-order valence-electron chi connectivity index (χ2n) is 7.70. The van der Waals surface area contributed by atoms with Crippen LogP contribution in [-0.2, 0) is 11.3 Å². The maximum Gasteiger partial charge on any atom is 0.302 e. The van der Waals surface area contributed by atoms with Gasteiger partial charge in [-0.1, -0.05) is 48.0 Å². The van der Waals surface area contributed by atoms with Crippen molar-refractivity contribution < 1.29 is 19.4 Å².